The van der Waals surface area contributed by atoms with Crippen LogP contribution >= 0.6 is 0 Å². The standard InChI is InChI=1S/C24H30N4O/c1-18-9-7-8-14-27(18)16-21-11-4-3-10-20(21)15-25-24(29)19(2)28-17-26-22-12-5-6-13-23(22)28/h3-6,10-13,17-19H,7-9,14-16H2,1-2H3,(H,25,29). The molecule has 1 aliphatic heterocycles. The van der Waals surface area contributed by atoms with Crippen molar-refractivity contribution in [2.24, 2.45) is 0 Å². The number of carbonyl (C=O) groups is 1. The number of fused-ring (bicyclic) bond motifs is 1. The highest BCUT2D eigenvalue weighted by Gasteiger charge is 2.20. The van der Waals surface area contributed by atoms with Crippen LogP contribution in [0.3, 0.4) is 0 Å². The van der Waals surface area contributed by atoms with E-state index in [4.69, 9.17) is 0 Å². The third-order valence-corrected chi connectivity index (χ3v) is 6.16. The van der Waals surface area contributed by atoms with E-state index in [1.165, 1.54) is 30.4 Å². The lowest BCUT2D eigenvalue weighted by molar-refractivity contribution is -0.123. The van der Waals surface area contributed by atoms with E-state index in [-0.39, 0.29) is 11.9 Å². The van der Waals surface area contributed by atoms with Crippen LogP contribution in [0.25, 0.3) is 11.0 Å². The molecule has 2 heterocycles. The minimum Gasteiger partial charge on any atom is -0.350 e. The zero-order valence-corrected chi connectivity index (χ0v) is 17.3. The fourth-order valence-electron chi connectivity index (χ4n) is 4.24. The van der Waals surface area contributed by atoms with E-state index in [1.807, 2.05) is 35.8 Å². The molecule has 0 saturated carbocycles. The molecule has 152 valence electrons. The average molecular weight is 391 g/mol. The van der Waals surface area contributed by atoms with Gasteiger partial charge in [0.05, 0.1) is 17.4 Å². The molecule has 5 nitrogen and oxygen atoms in total. The Kier molecular flexibility index (Phi) is 5.95. The summed E-state index contributed by atoms with van der Waals surface area (Å²) in [5.41, 5.74) is 4.39. The summed E-state index contributed by atoms with van der Waals surface area (Å²) in [6, 6.07) is 16.7. The van der Waals surface area contributed by atoms with E-state index >= 15 is 0 Å². The Labute approximate surface area is 172 Å². The summed E-state index contributed by atoms with van der Waals surface area (Å²) in [4.78, 5) is 19.8. The predicted octanol–water partition coefficient (Wildman–Crippen LogP) is 4.29. The van der Waals surface area contributed by atoms with Gasteiger partial charge in [-0.05, 0) is 56.5 Å². The fraction of sp³-hybridized carbons (Fsp3) is 0.417. The van der Waals surface area contributed by atoms with E-state index in [0.29, 0.717) is 12.6 Å². The van der Waals surface area contributed by atoms with Crippen molar-refractivity contribution in [1.29, 1.82) is 0 Å². The monoisotopic (exact) mass is 390 g/mol. The number of amides is 1. The Morgan fingerprint density at radius 2 is 1.90 bits per heavy atom. The number of nitrogens with zero attached hydrogens (tertiary/aromatic N) is 3. The first-order valence-corrected chi connectivity index (χ1v) is 10.6. The molecule has 4 rings (SSSR count). The van der Waals surface area contributed by atoms with Gasteiger partial charge in [-0.1, -0.05) is 42.8 Å². The predicted molar refractivity (Wildman–Crippen MR) is 116 cm³/mol. The zero-order chi connectivity index (χ0) is 20.2. The van der Waals surface area contributed by atoms with Crippen molar-refractivity contribution in [2.45, 2.75) is 58.3 Å². The van der Waals surface area contributed by atoms with Crippen molar-refractivity contribution in [2.75, 3.05) is 6.54 Å². The normalized spacial score (nSPS) is 18.6. The van der Waals surface area contributed by atoms with Crippen molar-refractivity contribution < 1.29 is 4.79 Å². The van der Waals surface area contributed by atoms with Gasteiger partial charge in [-0.2, -0.15) is 0 Å². The second-order valence-corrected chi connectivity index (χ2v) is 8.12. The molecule has 1 amide bonds. The van der Waals surface area contributed by atoms with Gasteiger partial charge in [-0.3, -0.25) is 9.69 Å². The van der Waals surface area contributed by atoms with Crippen molar-refractivity contribution in [3.63, 3.8) is 0 Å². The zero-order valence-electron chi connectivity index (χ0n) is 17.3. The molecule has 29 heavy (non-hydrogen) atoms. The van der Waals surface area contributed by atoms with Crippen LogP contribution in [0.4, 0.5) is 0 Å². The molecule has 0 bridgehead atoms. The molecule has 0 spiro atoms. The van der Waals surface area contributed by atoms with E-state index in [9.17, 15) is 4.79 Å². The van der Waals surface area contributed by atoms with Crippen LogP contribution < -0.4 is 5.32 Å². The number of hydrogen-bond donors (Lipinski definition) is 1. The lowest BCUT2D eigenvalue weighted by atomic mass is 10.0. The van der Waals surface area contributed by atoms with Crippen molar-refractivity contribution in [1.82, 2.24) is 19.8 Å². The third-order valence-electron chi connectivity index (χ3n) is 6.16. The third kappa shape index (κ3) is 4.35. The van der Waals surface area contributed by atoms with Crippen LogP contribution in [-0.4, -0.2) is 32.9 Å². The summed E-state index contributed by atoms with van der Waals surface area (Å²) < 4.78 is 1.94. The molecule has 1 saturated heterocycles. The van der Waals surface area contributed by atoms with Gasteiger partial charge in [0, 0.05) is 19.1 Å². The quantitative estimate of drug-likeness (QED) is 0.683. The molecule has 1 aliphatic rings. The van der Waals surface area contributed by atoms with Crippen LogP contribution in [-0.2, 0) is 17.9 Å². The molecule has 0 radical (unpaired) electrons. The second kappa shape index (κ2) is 8.78. The highest BCUT2D eigenvalue weighted by Crippen LogP contribution is 2.21. The number of para-hydroxylation sites is 2. The Balaban J connectivity index is 1.43. The first-order chi connectivity index (χ1) is 14.1. The van der Waals surface area contributed by atoms with Gasteiger partial charge in [0.1, 0.15) is 6.04 Å². The van der Waals surface area contributed by atoms with Crippen molar-refractivity contribution >= 4 is 16.9 Å². The van der Waals surface area contributed by atoms with Crippen LogP contribution in [0, 0.1) is 0 Å². The number of likely N-dealkylation sites (tertiary alicyclic amines) is 1. The number of imidazole rings is 1. The maximum Gasteiger partial charge on any atom is 0.243 e. The number of carbonyl (C=O) groups excluding carboxylic acids is 1. The maximum absolute atomic E-state index is 12.8. The van der Waals surface area contributed by atoms with Crippen LogP contribution in [0.5, 0.6) is 0 Å². The van der Waals surface area contributed by atoms with Gasteiger partial charge in [-0.25, -0.2) is 4.98 Å². The van der Waals surface area contributed by atoms with Gasteiger partial charge in [-0.15, -0.1) is 0 Å². The molecular weight excluding hydrogens is 360 g/mol. The maximum atomic E-state index is 12.8. The Morgan fingerprint density at radius 1 is 1.14 bits per heavy atom. The molecule has 2 atom stereocenters. The Bertz CT molecular complexity index is 980. The number of hydrogen-bond acceptors (Lipinski definition) is 3. The van der Waals surface area contributed by atoms with Gasteiger partial charge in [0.25, 0.3) is 0 Å². The van der Waals surface area contributed by atoms with Crippen LogP contribution in [0.2, 0.25) is 0 Å². The van der Waals surface area contributed by atoms with Crippen LogP contribution in [0.15, 0.2) is 54.9 Å². The molecule has 1 N–H and O–H groups in total. The number of benzene rings is 2. The summed E-state index contributed by atoms with van der Waals surface area (Å²) in [5, 5.41) is 3.13. The Morgan fingerprint density at radius 3 is 2.72 bits per heavy atom. The molecule has 0 aliphatic carbocycles. The van der Waals surface area contributed by atoms with Crippen molar-refractivity contribution in [3.8, 4) is 0 Å². The number of aromatic nitrogens is 2. The summed E-state index contributed by atoms with van der Waals surface area (Å²) >= 11 is 0. The van der Waals surface area contributed by atoms with E-state index in [1.54, 1.807) is 6.33 Å². The first-order valence-electron chi connectivity index (χ1n) is 10.6. The van der Waals surface area contributed by atoms with Gasteiger partial charge in [0.15, 0.2) is 0 Å². The molecule has 1 fully saturated rings. The summed E-state index contributed by atoms with van der Waals surface area (Å²) in [6.45, 7) is 6.90. The second-order valence-electron chi connectivity index (χ2n) is 8.12. The topological polar surface area (TPSA) is 50.2 Å². The minimum atomic E-state index is -0.309. The Hall–Kier alpha value is -2.66. The van der Waals surface area contributed by atoms with Gasteiger partial charge < -0.3 is 9.88 Å². The van der Waals surface area contributed by atoms with Crippen LogP contribution in [0.1, 0.15) is 50.3 Å². The number of rotatable bonds is 6. The summed E-state index contributed by atoms with van der Waals surface area (Å²) in [7, 11) is 0. The highest BCUT2D eigenvalue weighted by molar-refractivity contribution is 5.83. The summed E-state index contributed by atoms with van der Waals surface area (Å²) in [5.74, 6) is 0.00861. The van der Waals surface area contributed by atoms with E-state index < -0.39 is 0 Å². The molecule has 5 heteroatoms. The van der Waals surface area contributed by atoms with Gasteiger partial charge in [0.2, 0.25) is 5.91 Å². The first kappa shape index (κ1) is 19.6. The molecule has 3 aromatic rings. The average Bonchev–Trinajstić information content (AvgIpc) is 3.18. The lowest BCUT2D eigenvalue weighted by Crippen LogP contribution is -2.37. The molecular formula is C24H30N4O. The molecule has 2 aromatic carbocycles. The number of piperidine rings is 1. The van der Waals surface area contributed by atoms with Gasteiger partial charge >= 0.3 is 0 Å². The molecule has 2 unspecified atom stereocenters. The minimum absolute atomic E-state index is 0.00861. The smallest absolute Gasteiger partial charge is 0.243 e. The number of nitrogens with one attached hydrogen (secondary N) is 1. The van der Waals surface area contributed by atoms with E-state index in [0.717, 1.165) is 24.1 Å². The SMILES string of the molecule is CC1CCCCN1Cc1ccccc1CNC(=O)C(C)n1cnc2ccccc21. The van der Waals surface area contributed by atoms with E-state index in [2.05, 4.69) is 46.4 Å². The summed E-state index contributed by atoms with van der Waals surface area (Å²) in [6.07, 6.45) is 5.63. The lowest BCUT2D eigenvalue weighted by Gasteiger charge is -2.33. The van der Waals surface area contributed by atoms with Crippen molar-refractivity contribution in [3.05, 3.63) is 66.0 Å². The fourth-order valence-corrected chi connectivity index (χ4v) is 4.24. The molecule has 1 aromatic heterocycles. The largest absolute Gasteiger partial charge is 0.350 e. The highest BCUT2D eigenvalue weighted by atomic mass is 16.2.